The van der Waals surface area contributed by atoms with E-state index in [1.807, 2.05) is 41.9 Å². The van der Waals surface area contributed by atoms with Gasteiger partial charge in [-0.3, -0.25) is 9.69 Å². The average Bonchev–Trinajstić information content (AvgIpc) is 3.21. The molecule has 4 rings (SSSR count). The fourth-order valence-corrected chi connectivity index (χ4v) is 5.90. The molecule has 1 N–H and O–H groups in total. The monoisotopic (exact) mass is 577 g/mol. The molecule has 1 aliphatic carbocycles. The van der Waals surface area contributed by atoms with E-state index in [1.54, 1.807) is 4.90 Å². The van der Waals surface area contributed by atoms with Gasteiger partial charge >= 0.3 is 0 Å². The topological polar surface area (TPSA) is 61.4 Å². The first-order chi connectivity index (χ1) is 16.0. The number of carbonyl (C=O) groups is 1. The molecule has 2 aromatic heterocycles. The van der Waals surface area contributed by atoms with E-state index in [0.717, 1.165) is 64.2 Å². The fraction of sp³-hybridized carbons (Fsp3) is 0.480. The van der Waals surface area contributed by atoms with Crippen molar-refractivity contribution in [2.45, 2.75) is 39.8 Å². The van der Waals surface area contributed by atoms with Crippen LogP contribution in [-0.4, -0.2) is 55.9 Å². The molecule has 1 fully saturated rings. The number of nitrogens with zero attached hydrogens (tertiary/aromatic N) is 4. The number of amides is 1. The molecule has 0 aliphatic heterocycles. The Hall–Kier alpha value is -1.78. The van der Waals surface area contributed by atoms with Crippen LogP contribution in [0.1, 0.15) is 43.4 Å². The van der Waals surface area contributed by atoms with Crippen LogP contribution in [0.25, 0.3) is 10.9 Å². The number of aromatic nitrogens is 2. The van der Waals surface area contributed by atoms with Crippen molar-refractivity contribution in [3.8, 4) is 0 Å². The van der Waals surface area contributed by atoms with E-state index in [4.69, 9.17) is 9.97 Å². The highest BCUT2D eigenvalue weighted by Gasteiger charge is 2.46. The number of thiophene rings is 1. The quantitative estimate of drug-likeness (QED) is 0.141. The van der Waals surface area contributed by atoms with E-state index >= 15 is 0 Å². The summed E-state index contributed by atoms with van der Waals surface area (Å²) in [5, 5.41) is 8.39. The van der Waals surface area contributed by atoms with Crippen molar-refractivity contribution in [2.24, 2.45) is 11.8 Å². The second kappa shape index (κ2) is 11.1. The number of hydrogen-bond donors (Lipinski definition) is 1. The molecule has 33 heavy (non-hydrogen) atoms. The van der Waals surface area contributed by atoms with Crippen molar-refractivity contribution in [2.75, 3.05) is 29.5 Å². The van der Waals surface area contributed by atoms with E-state index in [9.17, 15) is 4.79 Å². The summed E-state index contributed by atoms with van der Waals surface area (Å²) >= 11 is 4.01. The number of halogens is 1. The summed E-state index contributed by atoms with van der Waals surface area (Å²) in [6.45, 7) is 9.64. The normalized spacial score (nSPS) is 19.7. The Bertz CT molecular complexity index is 1070. The number of alkyl halides is 1. The second-order valence-electron chi connectivity index (χ2n) is 8.76. The predicted molar refractivity (Wildman–Crippen MR) is 145 cm³/mol. The van der Waals surface area contributed by atoms with Crippen molar-refractivity contribution in [1.82, 2.24) is 19.8 Å². The van der Waals surface area contributed by atoms with Gasteiger partial charge in [-0.25, -0.2) is 9.97 Å². The Balaban J connectivity index is 1.44. The predicted octanol–water partition coefficient (Wildman–Crippen LogP) is 5.50. The van der Waals surface area contributed by atoms with Crippen LogP contribution in [0.15, 0.2) is 41.1 Å². The minimum atomic E-state index is 0.0208. The lowest BCUT2D eigenvalue weighted by molar-refractivity contribution is 0.0749. The maximum Gasteiger partial charge on any atom is 0.255 e. The minimum Gasteiger partial charge on any atom is -0.369 e. The van der Waals surface area contributed by atoms with Crippen LogP contribution >= 0.6 is 33.9 Å². The van der Waals surface area contributed by atoms with E-state index < -0.39 is 0 Å². The second-order valence-corrected chi connectivity index (χ2v) is 10.2. The molecule has 2 atom stereocenters. The van der Waals surface area contributed by atoms with Gasteiger partial charge in [0.2, 0.25) is 0 Å². The molecule has 6 nitrogen and oxygen atoms in total. The van der Waals surface area contributed by atoms with Crippen molar-refractivity contribution in [3.05, 3.63) is 52.5 Å². The Morgan fingerprint density at radius 1 is 1.18 bits per heavy atom. The van der Waals surface area contributed by atoms with Crippen LogP contribution in [0, 0.1) is 11.8 Å². The zero-order chi connectivity index (χ0) is 23.4. The van der Waals surface area contributed by atoms with Gasteiger partial charge in [-0.05, 0) is 48.8 Å². The van der Waals surface area contributed by atoms with Crippen molar-refractivity contribution < 1.29 is 4.79 Å². The summed E-state index contributed by atoms with van der Waals surface area (Å²) in [5.41, 5.74) is 1.62. The minimum absolute atomic E-state index is 0.0208. The molecule has 2 heterocycles. The number of fused-ring (bicyclic) bond motifs is 1. The summed E-state index contributed by atoms with van der Waals surface area (Å²) in [5.74, 6) is 3.14. The number of anilines is 1. The first-order valence-electron chi connectivity index (χ1n) is 11.6. The molecule has 0 spiro atoms. The molecule has 1 amide bonds. The van der Waals surface area contributed by atoms with Gasteiger partial charge in [0, 0.05) is 36.4 Å². The molecule has 1 saturated carbocycles. The van der Waals surface area contributed by atoms with Crippen molar-refractivity contribution >= 4 is 56.6 Å². The molecule has 3 aromatic rings. The summed E-state index contributed by atoms with van der Waals surface area (Å²) in [6.07, 6.45) is 1.06. The molecule has 1 aromatic carbocycles. The van der Waals surface area contributed by atoms with Gasteiger partial charge in [-0.1, -0.05) is 48.6 Å². The van der Waals surface area contributed by atoms with E-state index in [0.29, 0.717) is 18.9 Å². The summed E-state index contributed by atoms with van der Waals surface area (Å²) < 4.78 is 1.07. The molecule has 176 valence electrons. The number of benzene rings is 1. The van der Waals surface area contributed by atoms with Crippen molar-refractivity contribution in [3.63, 3.8) is 0 Å². The van der Waals surface area contributed by atoms with Gasteiger partial charge in [-0.2, -0.15) is 11.3 Å². The largest absolute Gasteiger partial charge is 0.369 e. The summed E-state index contributed by atoms with van der Waals surface area (Å²) in [4.78, 5) is 26.8. The third kappa shape index (κ3) is 5.66. The van der Waals surface area contributed by atoms with Crippen LogP contribution in [0.2, 0.25) is 0 Å². The van der Waals surface area contributed by atoms with Crippen LogP contribution in [0.5, 0.6) is 0 Å². The fourth-order valence-electron chi connectivity index (χ4n) is 4.48. The number of rotatable bonds is 11. The van der Waals surface area contributed by atoms with Gasteiger partial charge in [0.1, 0.15) is 5.82 Å². The SMILES string of the molecule is CCN(Cc1nc(NCCCN(CI)C2C(C)C2C)c2ccccc2n1)C(=O)c1ccsc1. The smallest absolute Gasteiger partial charge is 0.255 e. The first kappa shape index (κ1) is 24.3. The van der Waals surface area contributed by atoms with E-state index in [1.165, 1.54) is 11.3 Å². The number of para-hydroxylation sites is 1. The lowest BCUT2D eigenvalue weighted by Gasteiger charge is -2.21. The maximum atomic E-state index is 12.9. The lowest BCUT2D eigenvalue weighted by atomic mass is 10.2. The number of carbonyl (C=O) groups excluding carboxylic acids is 1. The third-order valence-electron chi connectivity index (χ3n) is 6.67. The van der Waals surface area contributed by atoms with Crippen LogP contribution in [0.3, 0.4) is 0 Å². The van der Waals surface area contributed by atoms with Gasteiger partial charge in [0.05, 0.1) is 22.2 Å². The van der Waals surface area contributed by atoms with Crippen LogP contribution in [0.4, 0.5) is 5.82 Å². The van der Waals surface area contributed by atoms with Crippen LogP contribution in [-0.2, 0) is 6.54 Å². The number of hydrogen-bond acceptors (Lipinski definition) is 6. The highest BCUT2D eigenvalue weighted by atomic mass is 127. The molecule has 0 bridgehead atoms. The van der Waals surface area contributed by atoms with Gasteiger partial charge in [-0.15, -0.1) is 0 Å². The molecular weight excluding hydrogens is 545 g/mol. The Morgan fingerprint density at radius 2 is 1.97 bits per heavy atom. The zero-order valence-corrected chi connectivity index (χ0v) is 22.5. The third-order valence-corrected chi connectivity index (χ3v) is 8.23. The standard InChI is InChI=1S/C25H32IN5OS/c1-4-30(25(32)19-10-13-33-15-19)14-22-28-21-9-6-5-8-20(21)24(29-22)27-11-7-12-31(16-26)23-17(2)18(23)3/h5-6,8-10,13,15,17-18,23H,4,7,11-12,14,16H2,1-3H3,(H,27,28,29). The van der Waals surface area contributed by atoms with Crippen LogP contribution < -0.4 is 5.32 Å². The maximum absolute atomic E-state index is 12.9. The average molecular weight is 578 g/mol. The lowest BCUT2D eigenvalue weighted by Crippen LogP contribution is -2.31. The highest BCUT2D eigenvalue weighted by molar-refractivity contribution is 14.1. The van der Waals surface area contributed by atoms with E-state index in [-0.39, 0.29) is 5.91 Å². The summed E-state index contributed by atoms with van der Waals surface area (Å²) in [7, 11) is 0. The Kier molecular flexibility index (Phi) is 8.19. The zero-order valence-electron chi connectivity index (χ0n) is 19.5. The molecule has 0 radical (unpaired) electrons. The molecular formula is C25H32IN5OS. The Labute approximate surface area is 213 Å². The highest BCUT2D eigenvalue weighted by Crippen LogP contribution is 2.42. The van der Waals surface area contributed by atoms with Crippen molar-refractivity contribution in [1.29, 1.82) is 0 Å². The molecule has 8 heteroatoms. The van der Waals surface area contributed by atoms with E-state index in [2.05, 4.69) is 52.7 Å². The van der Waals surface area contributed by atoms with Gasteiger partial charge in [0.25, 0.3) is 5.91 Å². The first-order valence-corrected chi connectivity index (χ1v) is 14.1. The molecule has 0 saturated heterocycles. The molecule has 2 unspecified atom stereocenters. The summed E-state index contributed by atoms with van der Waals surface area (Å²) in [6, 6.07) is 10.7. The van der Waals surface area contributed by atoms with Gasteiger partial charge in [0.15, 0.2) is 5.82 Å². The van der Waals surface area contributed by atoms with Gasteiger partial charge < -0.3 is 10.2 Å². The molecule has 1 aliphatic rings. The number of nitrogens with one attached hydrogen (secondary N) is 1. The Morgan fingerprint density at radius 3 is 2.64 bits per heavy atom.